The number of hydrogen-bond donors (Lipinski definition) is 2. The van der Waals surface area contributed by atoms with Crippen molar-refractivity contribution in [2.45, 2.75) is 13.0 Å². The minimum absolute atomic E-state index is 0.0353. The monoisotopic (exact) mass is 319 g/mol. The summed E-state index contributed by atoms with van der Waals surface area (Å²) in [5.41, 5.74) is 0.868. The first-order valence-electron chi connectivity index (χ1n) is 4.54. The highest BCUT2D eigenvalue weighted by Crippen LogP contribution is 2.27. The lowest BCUT2D eigenvalue weighted by atomic mass is 10.1. The number of nitrogens with zero attached hydrogens (tertiary/aromatic N) is 3. The van der Waals surface area contributed by atoms with Crippen molar-refractivity contribution in [3.05, 3.63) is 27.1 Å². The summed E-state index contributed by atoms with van der Waals surface area (Å²) in [7, 11) is 0. The van der Waals surface area contributed by atoms with Crippen molar-refractivity contribution in [2.75, 3.05) is 0 Å². The van der Waals surface area contributed by atoms with Gasteiger partial charge in [0, 0.05) is 11.8 Å². The molecule has 2 N–H and O–H groups in total. The zero-order valence-corrected chi connectivity index (χ0v) is 10.9. The number of carbonyl (C=O) groups is 1. The van der Waals surface area contributed by atoms with Gasteiger partial charge >= 0.3 is 5.97 Å². The summed E-state index contributed by atoms with van der Waals surface area (Å²) in [4.78, 5) is 14.9. The second-order valence-corrected chi connectivity index (χ2v) is 4.55. The number of aliphatic hydroxyl groups excluding tert-OH is 1. The Hall–Kier alpha value is -1.18. The van der Waals surface area contributed by atoms with Gasteiger partial charge in [0.1, 0.15) is 9.76 Å². The molecule has 0 spiro atoms. The summed E-state index contributed by atoms with van der Waals surface area (Å²) in [6, 6.07) is 1.63. The molecule has 17 heavy (non-hydrogen) atoms. The van der Waals surface area contributed by atoms with Gasteiger partial charge in [-0.05, 0) is 22.9 Å². The zero-order chi connectivity index (χ0) is 12.7. The molecule has 0 saturated carbocycles. The molecule has 2 rings (SSSR count). The molecule has 0 bridgehead atoms. The van der Waals surface area contributed by atoms with E-state index in [9.17, 15) is 9.90 Å². The minimum atomic E-state index is -1.72. The van der Waals surface area contributed by atoms with Gasteiger partial charge in [-0.15, -0.1) is 0 Å². The molecule has 0 fully saturated rings. The average Bonchev–Trinajstić information content (AvgIpc) is 2.58. The number of aliphatic hydroxyl groups is 1. The predicted molar refractivity (Wildman–Crippen MR) is 63.0 cm³/mol. The van der Waals surface area contributed by atoms with E-state index in [1.54, 1.807) is 13.0 Å². The quantitative estimate of drug-likeness (QED) is 0.820. The number of aromatic nitrogens is 3. The van der Waals surface area contributed by atoms with Crippen molar-refractivity contribution in [2.24, 2.45) is 0 Å². The summed E-state index contributed by atoms with van der Waals surface area (Å²) in [5, 5.41) is 22.4. The third-order valence-electron chi connectivity index (χ3n) is 2.25. The highest BCUT2D eigenvalue weighted by Gasteiger charge is 2.24. The van der Waals surface area contributed by atoms with Crippen LogP contribution in [0.2, 0.25) is 5.15 Å². The van der Waals surface area contributed by atoms with Crippen LogP contribution in [0.3, 0.4) is 0 Å². The molecule has 2 aromatic heterocycles. The van der Waals surface area contributed by atoms with E-state index in [1.165, 1.54) is 4.52 Å². The van der Waals surface area contributed by atoms with Crippen LogP contribution in [0.15, 0.2) is 10.7 Å². The summed E-state index contributed by atoms with van der Waals surface area (Å²) < 4.78 is 1.79. The maximum absolute atomic E-state index is 10.8. The summed E-state index contributed by atoms with van der Waals surface area (Å²) in [6.45, 7) is 1.58. The second kappa shape index (κ2) is 4.25. The van der Waals surface area contributed by atoms with Crippen LogP contribution in [0.5, 0.6) is 0 Å². The highest BCUT2D eigenvalue weighted by atomic mass is 79.9. The third kappa shape index (κ3) is 2.01. The standard InChI is InChI=1S/C9H7BrClN3O3/c1-3-6(7(15)9(16)17)8(11)14-5(12-3)2-4(10)13-14/h2,7,15H,1H3,(H,16,17). The van der Waals surface area contributed by atoms with Gasteiger partial charge in [0.2, 0.25) is 0 Å². The number of fused-ring (bicyclic) bond motifs is 1. The topological polar surface area (TPSA) is 87.7 Å². The maximum atomic E-state index is 10.8. The summed E-state index contributed by atoms with van der Waals surface area (Å²) in [5.74, 6) is -1.39. The Balaban J connectivity index is 2.75. The first-order valence-corrected chi connectivity index (χ1v) is 5.71. The molecule has 2 aromatic rings. The van der Waals surface area contributed by atoms with E-state index >= 15 is 0 Å². The van der Waals surface area contributed by atoms with Crippen molar-refractivity contribution in [3.63, 3.8) is 0 Å². The Kier molecular flexibility index (Phi) is 3.07. The molecule has 90 valence electrons. The van der Waals surface area contributed by atoms with Gasteiger partial charge in [0.25, 0.3) is 0 Å². The first-order chi connectivity index (χ1) is 7.91. The molecule has 0 aliphatic carbocycles. The SMILES string of the molecule is Cc1nc2cc(Br)nn2c(Cl)c1C(O)C(=O)O. The Morgan fingerprint density at radius 3 is 2.88 bits per heavy atom. The van der Waals surface area contributed by atoms with Crippen molar-refractivity contribution in [1.29, 1.82) is 0 Å². The Bertz CT molecular complexity index is 613. The molecule has 0 radical (unpaired) electrons. The number of aliphatic carboxylic acids is 1. The fraction of sp³-hybridized carbons (Fsp3) is 0.222. The van der Waals surface area contributed by atoms with Gasteiger partial charge in [-0.1, -0.05) is 11.6 Å². The van der Waals surface area contributed by atoms with Crippen molar-refractivity contribution in [1.82, 2.24) is 14.6 Å². The third-order valence-corrected chi connectivity index (χ3v) is 3.00. The summed E-state index contributed by atoms with van der Waals surface area (Å²) >= 11 is 9.18. The van der Waals surface area contributed by atoms with Crippen LogP contribution in [-0.2, 0) is 4.79 Å². The molecular formula is C9H7BrClN3O3. The van der Waals surface area contributed by atoms with Crippen LogP contribution in [0.25, 0.3) is 5.65 Å². The molecule has 8 heteroatoms. The number of hydrogen-bond acceptors (Lipinski definition) is 4. The van der Waals surface area contributed by atoms with Gasteiger partial charge in [0.05, 0.1) is 5.56 Å². The summed E-state index contributed by atoms with van der Waals surface area (Å²) in [6.07, 6.45) is -1.72. The van der Waals surface area contributed by atoms with Crippen LogP contribution >= 0.6 is 27.5 Å². The minimum Gasteiger partial charge on any atom is -0.479 e. The van der Waals surface area contributed by atoms with Gasteiger partial charge < -0.3 is 10.2 Å². The number of carboxylic acids is 1. The van der Waals surface area contributed by atoms with Crippen LogP contribution in [0.1, 0.15) is 17.4 Å². The molecule has 0 aromatic carbocycles. The molecule has 1 unspecified atom stereocenters. The Morgan fingerprint density at radius 1 is 1.65 bits per heavy atom. The van der Waals surface area contributed by atoms with E-state index in [0.29, 0.717) is 15.9 Å². The van der Waals surface area contributed by atoms with E-state index in [4.69, 9.17) is 16.7 Å². The van der Waals surface area contributed by atoms with E-state index in [0.717, 1.165) is 0 Å². The Morgan fingerprint density at radius 2 is 2.29 bits per heavy atom. The normalized spacial score (nSPS) is 12.9. The van der Waals surface area contributed by atoms with Gasteiger partial charge in [-0.3, -0.25) is 0 Å². The number of carboxylic acid groups (broad SMARTS) is 1. The lowest BCUT2D eigenvalue weighted by Crippen LogP contribution is -2.15. The molecule has 0 amide bonds. The van der Waals surface area contributed by atoms with E-state index in [2.05, 4.69) is 26.0 Å². The van der Waals surface area contributed by atoms with Gasteiger partial charge in [-0.25, -0.2) is 14.3 Å². The molecular weight excluding hydrogens is 313 g/mol. The lowest BCUT2D eigenvalue weighted by Gasteiger charge is -2.11. The van der Waals surface area contributed by atoms with E-state index in [1.807, 2.05) is 0 Å². The fourth-order valence-electron chi connectivity index (χ4n) is 1.50. The number of rotatable bonds is 2. The van der Waals surface area contributed by atoms with Gasteiger partial charge in [-0.2, -0.15) is 5.10 Å². The first kappa shape index (κ1) is 12.3. The van der Waals surface area contributed by atoms with Crippen molar-refractivity contribution in [3.8, 4) is 0 Å². The van der Waals surface area contributed by atoms with Crippen LogP contribution < -0.4 is 0 Å². The second-order valence-electron chi connectivity index (χ2n) is 3.38. The molecule has 6 nitrogen and oxygen atoms in total. The van der Waals surface area contributed by atoms with E-state index < -0.39 is 12.1 Å². The van der Waals surface area contributed by atoms with Crippen molar-refractivity contribution < 1.29 is 15.0 Å². The van der Waals surface area contributed by atoms with Gasteiger partial charge in [0.15, 0.2) is 11.8 Å². The number of halogens is 2. The molecule has 0 saturated heterocycles. The largest absolute Gasteiger partial charge is 0.479 e. The van der Waals surface area contributed by atoms with Crippen LogP contribution in [-0.4, -0.2) is 30.8 Å². The van der Waals surface area contributed by atoms with E-state index in [-0.39, 0.29) is 10.7 Å². The zero-order valence-electron chi connectivity index (χ0n) is 8.55. The smallest absolute Gasteiger partial charge is 0.337 e. The fourth-order valence-corrected chi connectivity index (χ4v) is 2.22. The van der Waals surface area contributed by atoms with Crippen LogP contribution in [0.4, 0.5) is 0 Å². The molecule has 1 atom stereocenters. The lowest BCUT2D eigenvalue weighted by molar-refractivity contribution is -0.147. The maximum Gasteiger partial charge on any atom is 0.337 e. The number of aryl methyl sites for hydroxylation is 1. The molecule has 2 heterocycles. The Labute approximate surface area is 109 Å². The van der Waals surface area contributed by atoms with Crippen LogP contribution in [0, 0.1) is 6.92 Å². The highest BCUT2D eigenvalue weighted by molar-refractivity contribution is 9.10. The molecule has 0 aliphatic heterocycles. The average molecular weight is 321 g/mol. The predicted octanol–water partition coefficient (Wildman–Crippen LogP) is 1.57. The van der Waals surface area contributed by atoms with Crippen molar-refractivity contribution >= 4 is 39.1 Å². The molecule has 0 aliphatic rings.